The van der Waals surface area contributed by atoms with Crippen molar-refractivity contribution in [1.29, 1.82) is 0 Å². The number of hydrogen-bond donors (Lipinski definition) is 0. The van der Waals surface area contributed by atoms with Crippen LogP contribution in [0.15, 0.2) is 0 Å². The predicted molar refractivity (Wildman–Crippen MR) is 288 cm³/mol. The van der Waals surface area contributed by atoms with Gasteiger partial charge in [0.1, 0.15) is 0 Å². The van der Waals surface area contributed by atoms with Crippen molar-refractivity contribution >= 4 is 8.07 Å². The van der Waals surface area contributed by atoms with Crippen LogP contribution in [-0.4, -0.2) is 8.07 Å². The summed E-state index contributed by atoms with van der Waals surface area (Å²) in [5, 5.41) is 0. The lowest BCUT2D eigenvalue weighted by molar-refractivity contribution is 0.537. The normalized spacial score (nSPS) is 12.0. The average Bonchev–Trinajstić information content (AvgIpc) is 3.27. The Morgan fingerprint density at radius 3 is 0.344 bits per heavy atom. The summed E-state index contributed by atoms with van der Waals surface area (Å²) in [6, 6.07) is 6.78. The van der Waals surface area contributed by atoms with E-state index in [0.29, 0.717) is 0 Å². The first kappa shape index (κ1) is 61.2. The van der Waals surface area contributed by atoms with Crippen LogP contribution in [0.3, 0.4) is 0 Å². The van der Waals surface area contributed by atoms with Gasteiger partial charge in [0.2, 0.25) is 0 Å². The molecular weight excluding hydrogens is 749 g/mol. The Bertz CT molecular complexity index is 618. The summed E-state index contributed by atoms with van der Waals surface area (Å²) in [5.41, 5.74) is 0. The van der Waals surface area contributed by atoms with Gasteiger partial charge < -0.3 is 0 Å². The fourth-order valence-corrected chi connectivity index (χ4v) is 16.3. The molecule has 0 amide bonds. The lowest BCUT2D eigenvalue weighted by Crippen LogP contribution is -2.34. The van der Waals surface area contributed by atoms with E-state index in [1.165, 1.54) is 283 Å². The highest BCUT2D eigenvalue weighted by molar-refractivity contribution is 6.79. The van der Waals surface area contributed by atoms with Gasteiger partial charge in [0.25, 0.3) is 0 Å². The topological polar surface area (TPSA) is 0 Å². The highest BCUT2D eigenvalue weighted by Crippen LogP contribution is 2.35. The molecule has 0 saturated heterocycles. The summed E-state index contributed by atoms with van der Waals surface area (Å²) in [4.78, 5) is 0. The molecule has 0 fully saturated rings. The summed E-state index contributed by atoms with van der Waals surface area (Å²) in [7, 11) is -1.20. The van der Waals surface area contributed by atoms with Gasteiger partial charge in [0.05, 0.1) is 8.07 Å². The van der Waals surface area contributed by atoms with E-state index >= 15 is 0 Å². The number of rotatable bonds is 56. The SMILES string of the molecule is CCCCCCCCCCCCCCC[Si](CCCCCCCCCCCCCCC)(CCCCCCCCCCCCCCC)CCCCCCCCCCCCCCC. The predicted octanol–water partition coefficient (Wildman–Crippen LogP) is 23.8. The van der Waals surface area contributed by atoms with Gasteiger partial charge in [-0.1, -0.05) is 386 Å². The van der Waals surface area contributed by atoms with Gasteiger partial charge >= 0.3 is 0 Å². The highest BCUT2D eigenvalue weighted by Gasteiger charge is 2.30. The van der Waals surface area contributed by atoms with Gasteiger partial charge in [-0.25, -0.2) is 0 Å². The van der Waals surface area contributed by atoms with E-state index in [4.69, 9.17) is 0 Å². The van der Waals surface area contributed by atoms with Gasteiger partial charge in [-0.2, -0.15) is 0 Å². The van der Waals surface area contributed by atoms with Crippen LogP contribution in [0.1, 0.15) is 362 Å². The molecule has 0 saturated carbocycles. The van der Waals surface area contributed by atoms with E-state index in [2.05, 4.69) is 27.7 Å². The summed E-state index contributed by atoms with van der Waals surface area (Å²) in [5.74, 6) is 0. The van der Waals surface area contributed by atoms with Crippen LogP contribution in [0, 0.1) is 0 Å². The van der Waals surface area contributed by atoms with Crippen LogP contribution in [0.4, 0.5) is 0 Å². The van der Waals surface area contributed by atoms with Crippen molar-refractivity contribution in [1.82, 2.24) is 0 Å². The van der Waals surface area contributed by atoms with Crippen LogP contribution in [0.5, 0.6) is 0 Å². The van der Waals surface area contributed by atoms with Gasteiger partial charge in [-0.3, -0.25) is 0 Å². The second-order valence-corrected chi connectivity index (χ2v) is 26.5. The zero-order valence-corrected chi connectivity index (χ0v) is 45.1. The molecule has 0 aliphatic rings. The molecule has 0 N–H and O–H groups in total. The second kappa shape index (κ2) is 54.5. The van der Waals surface area contributed by atoms with Gasteiger partial charge in [0.15, 0.2) is 0 Å². The maximum atomic E-state index is 2.34. The molecule has 0 aromatic rings. The Morgan fingerprint density at radius 1 is 0.131 bits per heavy atom. The molecule has 0 radical (unpaired) electrons. The Kier molecular flexibility index (Phi) is 54.7. The molecule has 0 aliphatic carbocycles. The molecule has 0 aromatic carbocycles. The molecule has 0 spiro atoms. The third-order valence-electron chi connectivity index (χ3n) is 15.2. The van der Waals surface area contributed by atoms with Crippen molar-refractivity contribution in [3.8, 4) is 0 Å². The smallest absolute Gasteiger partial charge is 0.0535 e. The maximum Gasteiger partial charge on any atom is 0.0535 e. The van der Waals surface area contributed by atoms with E-state index in [0.717, 1.165) is 0 Å². The van der Waals surface area contributed by atoms with Gasteiger partial charge in [-0.15, -0.1) is 0 Å². The van der Waals surface area contributed by atoms with Crippen molar-refractivity contribution < 1.29 is 0 Å². The van der Waals surface area contributed by atoms with Crippen molar-refractivity contribution in [3.05, 3.63) is 0 Å². The molecule has 0 bridgehead atoms. The minimum atomic E-state index is -1.20. The maximum absolute atomic E-state index is 2.34. The minimum absolute atomic E-state index is 1.20. The molecule has 0 unspecified atom stereocenters. The van der Waals surface area contributed by atoms with E-state index < -0.39 is 8.07 Å². The van der Waals surface area contributed by atoms with Crippen LogP contribution in [0.2, 0.25) is 24.2 Å². The Labute approximate surface area is 392 Å². The zero-order valence-electron chi connectivity index (χ0n) is 44.1. The van der Waals surface area contributed by atoms with Crippen LogP contribution >= 0.6 is 0 Å². The lowest BCUT2D eigenvalue weighted by atomic mass is 10.0. The molecule has 1 heteroatoms. The summed E-state index contributed by atoms with van der Waals surface area (Å²) >= 11 is 0. The van der Waals surface area contributed by atoms with Crippen LogP contribution in [0.25, 0.3) is 0 Å². The van der Waals surface area contributed by atoms with Crippen LogP contribution < -0.4 is 0 Å². The zero-order chi connectivity index (χ0) is 44.1. The molecular formula is C60H124Si. The van der Waals surface area contributed by atoms with Crippen molar-refractivity contribution in [2.75, 3.05) is 0 Å². The number of unbranched alkanes of at least 4 members (excludes halogenated alkanes) is 48. The summed E-state index contributed by atoms with van der Waals surface area (Å²) in [6.07, 6.45) is 77.8. The van der Waals surface area contributed by atoms with Crippen molar-refractivity contribution in [2.45, 2.75) is 386 Å². The Balaban J connectivity index is 4.92. The summed E-state index contributed by atoms with van der Waals surface area (Å²) in [6.45, 7) is 9.35. The fraction of sp³-hybridized carbons (Fsp3) is 1.00. The molecule has 0 atom stereocenters. The van der Waals surface area contributed by atoms with Crippen molar-refractivity contribution in [2.24, 2.45) is 0 Å². The monoisotopic (exact) mass is 873 g/mol. The number of hydrogen-bond acceptors (Lipinski definition) is 0. The summed E-state index contributed by atoms with van der Waals surface area (Å²) < 4.78 is 0. The standard InChI is InChI=1S/C60H124Si/c1-5-9-13-17-21-25-29-33-37-41-45-49-53-57-61(58-54-50-46-42-38-34-30-26-22-18-14-10-6-2,59-55-51-47-43-39-35-31-27-23-19-15-11-7-3)60-56-52-48-44-40-36-32-28-24-20-16-12-8-4/h5-60H2,1-4H3. The lowest BCUT2D eigenvalue weighted by Gasteiger charge is -2.33. The first-order valence-electron chi connectivity index (χ1n) is 30.2. The molecule has 0 aromatic heterocycles. The highest BCUT2D eigenvalue weighted by atomic mass is 28.3. The molecule has 0 heterocycles. The van der Waals surface area contributed by atoms with Gasteiger partial charge in [-0.05, 0) is 0 Å². The molecule has 0 nitrogen and oxygen atoms in total. The second-order valence-electron chi connectivity index (χ2n) is 21.5. The van der Waals surface area contributed by atoms with E-state index in [1.807, 2.05) is 0 Å². The van der Waals surface area contributed by atoms with E-state index in [9.17, 15) is 0 Å². The van der Waals surface area contributed by atoms with E-state index in [-0.39, 0.29) is 0 Å². The average molecular weight is 874 g/mol. The first-order chi connectivity index (χ1) is 30.2. The fourth-order valence-electron chi connectivity index (χ4n) is 10.8. The Morgan fingerprint density at radius 2 is 0.230 bits per heavy atom. The largest absolute Gasteiger partial charge is 0.0654 e. The van der Waals surface area contributed by atoms with Crippen molar-refractivity contribution in [3.63, 3.8) is 0 Å². The molecule has 368 valence electrons. The molecule has 0 rings (SSSR count). The van der Waals surface area contributed by atoms with E-state index in [1.54, 1.807) is 75.5 Å². The quantitative estimate of drug-likeness (QED) is 0.0422. The first-order valence-corrected chi connectivity index (χ1v) is 33.1. The third kappa shape index (κ3) is 49.5. The van der Waals surface area contributed by atoms with Gasteiger partial charge in [0, 0.05) is 0 Å². The Hall–Kier alpha value is 0.217. The third-order valence-corrected chi connectivity index (χ3v) is 20.9. The van der Waals surface area contributed by atoms with Crippen LogP contribution in [-0.2, 0) is 0 Å². The minimum Gasteiger partial charge on any atom is -0.0654 e. The molecule has 61 heavy (non-hydrogen) atoms. The molecule has 0 aliphatic heterocycles.